The Balaban J connectivity index is 2.61. The summed E-state index contributed by atoms with van der Waals surface area (Å²) >= 11 is 0. The molecule has 5 nitrogen and oxygen atoms in total. The molecule has 0 aliphatic rings. The van der Waals surface area contributed by atoms with Crippen LogP contribution in [0.1, 0.15) is 26.3 Å². The largest absolute Gasteiger partial charge is 0.480 e. The monoisotopic (exact) mass is 300 g/mol. The van der Waals surface area contributed by atoms with Crippen LogP contribution in [-0.4, -0.2) is 23.1 Å². The van der Waals surface area contributed by atoms with E-state index in [0.29, 0.717) is 5.56 Å². The zero-order chi connectivity index (χ0) is 16.2. The highest BCUT2D eigenvalue weighted by molar-refractivity contribution is 5.83. The number of benzene rings is 1. The lowest BCUT2D eigenvalue weighted by Gasteiger charge is -2.27. The molecule has 1 aromatic rings. The van der Waals surface area contributed by atoms with Crippen molar-refractivity contribution in [3.05, 3.63) is 35.4 Å². The van der Waals surface area contributed by atoms with Gasteiger partial charge in [0.05, 0.1) is 0 Å². The lowest BCUT2D eigenvalue weighted by atomic mass is 9.87. The van der Waals surface area contributed by atoms with Crippen molar-refractivity contribution in [2.45, 2.75) is 33.4 Å². The second-order valence-corrected chi connectivity index (χ2v) is 5.71. The van der Waals surface area contributed by atoms with E-state index in [-0.39, 0.29) is 6.54 Å². The molecule has 0 bridgehead atoms. The van der Waals surface area contributed by atoms with Crippen LogP contribution in [0, 0.1) is 17.0 Å². The quantitative estimate of drug-likeness (QED) is 0.798. The zero-order valence-corrected chi connectivity index (χ0v) is 12.0. The van der Waals surface area contributed by atoms with E-state index in [0.717, 1.165) is 12.1 Å². The van der Waals surface area contributed by atoms with Crippen molar-refractivity contribution in [2.75, 3.05) is 0 Å². The summed E-state index contributed by atoms with van der Waals surface area (Å²) in [5.41, 5.74) is -0.294. The maximum absolute atomic E-state index is 13.0. The topological polar surface area (TPSA) is 78.4 Å². The molecule has 3 N–H and O–H groups in total. The Morgan fingerprint density at radius 3 is 2.33 bits per heavy atom. The Hall–Kier alpha value is -2.18. The second kappa shape index (κ2) is 6.51. The number of amides is 2. The minimum atomic E-state index is -1.15. The van der Waals surface area contributed by atoms with Crippen LogP contribution >= 0.6 is 0 Å². The van der Waals surface area contributed by atoms with Crippen LogP contribution < -0.4 is 10.6 Å². The average Bonchev–Trinajstić information content (AvgIpc) is 2.35. The Morgan fingerprint density at radius 1 is 1.24 bits per heavy atom. The third-order valence-corrected chi connectivity index (χ3v) is 2.83. The van der Waals surface area contributed by atoms with Gasteiger partial charge in [0.15, 0.2) is 11.6 Å². The minimum Gasteiger partial charge on any atom is -0.480 e. The van der Waals surface area contributed by atoms with Gasteiger partial charge in [-0.3, -0.25) is 0 Å². The maximum Gasteiger partial charge on any atom is 0.326 e. The first-order valence-electron chi connectivity index (χ1n) is 6.32. The molecule has 0 fully saturated rings. The van der Waals surface area contributed by atoms with E-state index in [2.05, 4.69) is 10.6 Å². The number of hydrogen-bond donors (Lipinski definition) is 3. The number of carbonyl (C=O) groups is 2. The molecule has 2 amide bonds. The summed E-state index contributed by atoms with van der Waals surface area (Å²) in [5.74, 6) is -3.12. The van der Waals surface area contributed by atoms with E-state index in [1.54, 1.807) is 20.8 Å². The van der Waals surface area contributed by atoms with Crippen LogP contribution in [0.5, 0.6) is 0 Å². The molecule has 0 heterocycles. The van der Waals surface area contributed by atoms with Gasteiger partial charge < -0.3 is 15.7 Å². The van der Waals surface area contributed by atoms with Gasteiger partial charge in [0, 0.05) is 6.54 Å². The van der Waals surface area contributed by atoms with Crippen LogP contribution in [0.25, 0.3) is 0 Å². The molecular formula is C14H18F2N2O3. The fourth-order valence-corrected chi connectivity index (χ4v) is 1.66. The van der Waals surface area contributed by atoms with Crippen molar-refractivity contribution in [3.8, 4) is 0 Å². The van der Waals surface area contributed by atoms with Gasteiger partial charge in [-0.2, -0.15) is 0 Å². The lowest BCUT2D eigenvalue weighted by Crippen LogP contribution is -2.52. The van der Waals surface area contributed by atoms with E-state index in [1.807, 2.05) is 0 Å². The first kappa shape index (κ1) is 16.9. The van der Waals surface area contributed by atoms with Crippen LogP contribution in [0.4, 0.5) is 13.6 Å². The van der Waals surface area contributed by atoms with Crippen LogP contribution in [0.15, 0.2) is 18.2 Å². The van der Waals surface area contributed by atoms with E-state index in [9.17, 15) is 18.4 Å². The Kier molecular flexibility index (Phi) is 5.23. The third-order valence-electron chi connectivity index (χ3n) is 2.83. The molecule has 1 aromatic carbocycles. The molecule has 0 saturated heterocycles. The molecule has 21 heavy (non-hydrogen) atoms. The molecule has 116 valence electrons. The number of carbonyl (C=O) groups excluding carboxylic acids is 1. The van der Waals surface area contributed by atoms with Crippen molar-refractivity contribution >= 4 is 12.0 Å². The SMILES string of the molecule is CC(C)(C)C(NC(=O)NCc1ccc(F)c(F)c1)C(=O)O. The molecule has 1 rings (SSSR count). The normalized spacial score (nSPS) is 12.6. The summed E-state index contributed by atoms with van der Waals surface area (Å²) in [5, 5.41) is 13.8. The molecule has 1 unspecified atom stereocenters. The first-order valence-corrected chi connectivity index (χ1v) is 6.32. The van der Waals surface area contributed by atoms with Gasteiger partial charge in [-0.15, -0.1) is 0 Å². The van der Waals surface area contributed by atoms with Gasteiger partial charge in [0.1, 0.15) is 6.04 Å². The fourth-order valence-electron chi connectivity index (χ4n) is 1.66. The minimum absolute atomic E-state index is 0.0421. The number of urea groups is 1. The molecule has 0 spiro atoms. The third kappa shape index (κ3) is 5.02. The van der Waals surface area contributed by atoms with E-state index in [1.165, 1.54) is 6.07 Å². The average molecular weight is 300 g/mol. The molecule has 0 radical (unpaired) electrons. The van der Waals surface area contributed by atoms with Crippen LogP contribution in [-0.2, 0) is 11.3 Å². The number of aliphatic carboxylic acids is 1. The first-order chi connectivity index (χ1) is 9.61. The predicted molar refractivity (Wildman–Crippen MR) is 72.6 cm³/mol. The zero-order valence-electron chi connectivity index (χ0n) is 12.0. The molecular weight excluding hydrogens is 282 g/mol. The van der Waals surface area contributed by atoms with Gasteiger partial charge in [-0.25, -0.2) is 18.4 Å². The van der Waals surface area contributed by atoms with Crippen molar-refractivity contribution in [2.24, 2.45) is 5.41 Å². The van der Waals surface area contributed by atoms with E-state index >= 15 is 0 Å². The van der Waals surface area contributed by atoms with E-state index < -0.39 is 35.1 Å². The van der Waals surface area contributed by atoms with Gasteiger partial charge >= 0.3 is 12.0 Å². The number of carboxylic acids is 1. The van der Waals surface area contributed by atoms with E-state index in [4.69, 9.17) is 5.11 Å². The van der Waals surface area contributed by atoms with Crippen molar-refractivity contribution < 1.29 is 23.5 Å². The second-order valence-electron chi connectivity index (χ2n) is 5.71. The summed E-state index contributed by atoms with van der Waals surface area (Å²) in [6, 6.07) is 1.49. The highest BCUT2D eigenvalue weighted by Gasteiger charge is 2.32. The predicted octanol–water partition coefficient (Wildman–Crippen LogP) is 2.26. The van der Waals surface area contributed by atoms with Gasteiger partial charge in [-0.1, -0.05) is 26.8 Å². The highest BCUT2D eigenvalue weighted by Crippen LogP contribution is 2.19. The van der Waals surface area contributed by atoms with Crippen LogP contribution in [0.2, 0.25) is 0 Å². The summed E-state index contributed by atoms with van der Waals surface area (Å²) in [7, 11) is 0. The molecule has 0 aromatic heterocycles. The number of nitrogens with one attached hydrogen (secondary N) is 2. The summed E-state index contributed by atoms with van der Waals surface area (Å²) < 4.78 is 25.7. The number of carboxylic acid groups (broad SMARTS) is 1. The van der Waals surface area contributed by atoms with Gasteiger partial charge in [-0.05, 0) is 23.1 Å². The Morgan fingerprint density at radius 2 is 1.86 bits per heavy atom. The fraction of sp³-hybridized carbons (Fsp3) is 0.429. The maximum atomic E-state index is 13.0. The summed E-state index contributed by atoms with van der Waals surface area (Å²) in [6.07, 6.45) is 0. The number of halogens is 2. The highest BCUT2D eigenvalue weighted by atomic mass is 19.2. The molecule has 7 heteroatoms. The molecule has 0 aliphatic carbocycles. The number of rotatable bonds is 4. The Labute approximate surface area is 121 Å². The number of hydrogen-bond acceptors (Lipinski definition) is 2. The Bertz CT molecular complexity index is 542. The standard InChI is InChI=1S/C14H18F2N2O3/c1-14(2,3)11(12(19)20)18-13(21)17-7-8-4-5-9(15)10(16)6-8/h4-6,11H,7H2,1-3H3,(H,19,20)(H2,17,18,21). The van der Waals surface area contributed by atoms with Crippen molar-refractivity contribution in [1.82, 2.24) is 10.6 Å². The summed E-state index contributed by atoms with van der Waals surface area (Å²) in [4.78, 5) is 22.8. The lowest BCUT2D eigenvalue weighted by molar-refractivity contribution is -0.141. The summed E-state index contributed by atoms with van der Waals surface area (Å²) in [6.45, 7) is 5.00. The van der Waals surface area contributed by atoms with Crippen molar-refractivity contribution in [1.29, 1.82) is 0 Å². The van der Waals surface area contributed by atoms with Crippen molar-refractivity contribution in [3.63, 3.8) is 0 Å². The smallest absolute Gasteiger partial charge is 0.326 e. The molecule has 0 aliphatic heterocycles. The molecule has 1 atom stereocenters. The van der Waals surface area contributed by atoms with Gasteiger partial charge in [0.25, 0.3) is 0 Å². The molecule has 0 saturated carbocycles. The van der Waals surface area contributed by atoms with Crippen LogP contribution in [0.3, 0.4) is 0 Å². The van der Waals surface area contributed by atoms with Gasteiger partial charge in [0.2, 0.25) is 0 Å².